The van der Waals surface area contributed by atoms with Crippen molar-refractivity contribution in [3.8, 4) is 17.3 Å². The van der Waals surface area contributed by atoms with Crippen LogP contribution in [0.2, 0.25) is 0 Å². The van der Waals surface area contributed by atoms with Gasteiger partial charge in [-0.05, 0) is 31.0 Å². The number of ether oxygens (including phenoxy) is 1. The van der Waals surface area contributed by atoms with E-state index in [-0.39, 0.29) is 50.6 Å². The average molecular weight is 506 g/mol. The van der Waals surface area contributed by atoms with E-state index < -0.39 is 11.6 Å². The summed E-state index contributed by atoms with van der Waals surface area (Å²) in [6.07, 6.45) is 4.76. The zero-order chi connectivity index (χ0) is 24.7. The molecule has 0 radical (unpaired) electrons. The number of halogens is 2. The molecular formula is C25H21F2N7OS. The number of aromatic nitrogens is 3. The number of pyridine rings is 1. The second-order valence-electron chi connectivity index (χ2n) is 9.57. The molecule has 2 saturated heterocycles. The van der Waals surface area contributed by atoms with Crippen LogP contribution >= 0.6 is 11.3 Å². The van der Waals surface area contributed by atoms with Crippen molar-refractivity contribution in [2.24, 2.45) is 0 Å². The number of nitrogens with zero attached hydrogens (tertiary/aromatic N) is 6. The molecule has 2 atom stereocenters. The van der Waals surface area contributed by atoms with Gasteiger partial charge >= 0.3 is 0 Å². The van der Waals surface area contributed by atoms with Crippen molar-refractivity contribution in [1.29, 1.82) is 5.26 Å². The Morgan fingerprint density at radius 1 is 1.14 bits per heavy atom. The van der Waals surface area contributed by atoms with Gasteiger partial charge in [0.1, 0.15) is 16.6 Å². The van der Waals surface area contributed by atoms with Crippen molar-refractivity contribution in [2.75, 3.05) is 30.8 Å². The standard InChI is InChI=1S/C25H21F2N7OS/c1-33-4-2-17-16(33)3-5-34(17)25-31-7-12-13-9-35-10-14(13)18(20(27)21(12)32-25)22-19-11(6-28)24(29)36-23(19)15(26)8-30-22/h7-8,16-17H,2-5,9-10,29H2,1H3. The molecule has 0 saturated carbocycles. The summed E-state index contributed by atoms with van der Waals surface area (Å²) in [5.74, 6) is -0.675. The maximum Gasteiger partial charge on any atom is 0.226 e. The largest absolute Gasteiger partial charge is 0.389 e. The lowest BCUT2D eigenvalue weighted by Crippen LogP contribution is -2.35. The fourth-order valence-corrected chi connectivity index (χ4v) is 7.05. The van der Waals surface area contributed by atoms with E-state index in [0.29, 0.717) is 29.0 Å². The van der Waals surface area contributed by atoms with Crippen LogP contribution < -0.4 is 10.6 Å². The Hall–Kier alpha value is -3.46. The van der Waals surface area contributed by atoms with Crippen LogP contribution in [0.1, 0.15) is 29.5 Å². The number of nitriles is 1. The van der Waals surface area contributed by atoms with Crippen molar-refractivity contribution < 1.29 is 13.5 Å². The molecule has 182 valence electrons. The van der Waals surface area contributed by atoms with Gasteiger partial charge in [-0.2, -0.15) is 5.26 Å². The number of benzene rings is 1. The third-order valence-electron chi connectivity index (χ3n) is 7.84. The SMILES string of the molecule is CN1CCC2C1CCN2c1ncc2c3c(c(-c4ncc(F)c5sc(N)c(C#N)c45)c(F)c2n1)COC3. The summed E-state index contributed by atoms with van der Waals surface area (Å²) in [5, 5.41) is 10.7. The fraction of sp³-hybridized carbons (Fsp3) is 0.360. The highest BCUT2D eigenvalue weighted by Crippen LogP contribution is 2.45. The van der Waals surface area contributed by atoms with E-state index in [1.807, 2.05) is 6.07 Å². The molecule has 6 heterocycles. The maximum atomic E-state index is 16.5. The Balaban J connectivity index is 1.48. The molecule has 36 heavy (non-hydrogen) atoms. The molecule has 0 spiro atoms. The molecule has 1 aromatic carbocycles. The van der Waals surface area contributed by atoms with Crippen LogP contribution in [0.4, 0.5) is 19.7 Å². The van der Waals surface area contributed by atoms with Gasteiger partial charge < -0.3 is 20.3 Å². The first-order valence-electron chi connectivity index (χ1n) is 11.8. The van der Waals surface area contributed by atoms with Crippen LogP contribution in [0.25, 0.3) is 32.2 Å². The zero-order valence-electron chi connectivity index (χ0n) is 19.4. The van der Waals surface area contributed by atoms with Gasteiger partial charge in [0.25, 0.3) is 0 Å². The van der Waals surface area contributed by atoms with Gasteiger partial charge in [-0.25, -0.2) is 18.7 Å². The first-order chi connectivity index (χ1) is 17.5. The van der Waals surface area contributed by atoms with E-state index >= 15 is 4.39 Å². The van der Waals surface area contributed by atoms with E-state index in [1.165, 1.54) is 0 Å². The fourth-order valence-electron chi connectivity index (χ4n) is 6.13. The first kappa shape index (κ1) is 21.8. The molecule has 7 rings (SSSR count). The van der Waals surface area contributed by atoms with E-state index in [0.717, 1.165) is 49.0 Å². The highest BCUT2D eigenvalue weighted by atomic mass is 32.1. The van der Waals surface area contributed by atoms with Gasteiger partial charge in [0.2, 0.25) is 5.95 Å². The number of hydrogen-bond donors (Lipinski definition) is 1. The molecule has 0 bridgehead atoms. The summed E-state index contributed by atoms with van der Waals surface area (Å²) in [5.41, 5.74) is 8.05. The number of likely N-dealkylation sites (tertiary alicyclic amines) is 1. The van der Waals surface area contributed by atoms with Crippen molar-refractivity contribution in [1.82, 2.24) is 19.9 Å². The van der Waals surface area contributed by atoms with Crippen molar-refractivity contribution in [2.45, 2.75) is 38.1 Å². The van der Waals surface area contributed by atoms with Crippen LogP contribution in [-0.4, -0.2) is 52.1 Å². The third kappa shape index (κ3) is 2.86. The minimum Gasteiger partial charge on any atom is -0.389 e. The Morgan fingerprint density at radius 2 is 1.94 bits per heavy atom. The number of hydrogen-bond acceptors (Lipinski definition) is 9. The van der Waals surface area contributed by atoms with Gasteiger partial charge in [-0.1, -0.05) is 0 Å². The van der Waals surface area contributed by atoms with Gasteiger partial charge in [0.15, 0.2) is 11.6 Å². The molecule has 3 aromatic heterocycles. The van der Waals surface area contributed by atoms with Crippen molar-refractivity contribution >= 4 is 43.3 Å². The Kier molecular flexibility index (Phi) is 4.70. The Bertz CT molecular complexity index is 1630. The Morgan fingerprint density at radius 3 is 2.78 bits per heavy atom. The second-order valence-corrected chi connectivity index (χ2v) is 10.6. The minimum absolute atomic E-state index is 0.0981. The summed E-state index contributed by atoms with van der Waals surface area (Å²) < 4.78 is 37.0. The molecular weight excluding hydrogens is 484 g/mol. The van der Waals surface area contributed by atoms with E-state index in [4.69, 9.17) is 15.5 Å². The second kappa shape index (κ2) is 7.77. The van der Waals surface area contributed by atoms with Gasteiger partial charge in [-0.3, -0.25) is 4.98 Å². The molecule has 2 fully saturated rings. The van der Waals surface area contributed by atoms with E-state index in [9.17, 15) is 9.65 Å². The van der Waals surface area contributed by atoms with E-state index in [2.05, 4.69) is 26.8 Å². The van der Waals surface area contributed by atoms with Crippen LogP contribution in [-0.2, 0) is 18.0 Å². The van der Waals surface area contributed by atoms with Gasteiger partial charge in [-0.15, -0.1) is 11.3 Å². The number of anilines is 2. The number of nitrogen functional groups attached to an aromatic ring is 1. The summed E-state index contributed by atoms with van der Waals surface area (Å²) >= 11 is 0.960. The first-order valence-corrected chi connectivity index (χ1v) is 12.6. The third-order valence-corrected chi connectivity index (χ3v) is 8.87. The van der Waals surface area contributed by atoms with Crippen molar-refractivity contribution in [3.05, 3.63) is 40.7 Å². The summed E-state index contributed by atoms with van der Waals surface area (Å²) in [7, 11) is 2.13. The average Bonchev–Trinajstić information content (AvgIpc) is 3.65. The highest BCUT2D eigenvalue weighted by Gasteiger charge is 2.42. The molecule has 2 unspecified atom stereocenters. The monoisotopic (exact) mass is 505 g/mol. The van der Waals surface area contributed by atoms with Gasteiger partial charge in [0.05, 0.1) is 35.4 Å². The van der Waals surface area contributed by atoms with Crippen LogP contribution in [0.3, 0.4) is 0 Å². The molecule has 3 aliphatic rings. The van der Waals surface area contributed by atoms with Gasteiger partial charge in [0, 0.05) is 47.7 Å². The maximum absolute atomic E-state index is 16.5. The quantitative estimate of drug-likeness (QED) is 0.437. The number of fused-ring (bicyclic) bond motifs is 5. The summed E-state index contributed by atoms with van der Waals surface area (Å²) in [6, 6.07) is 2.79. The minimum atomic E-state index is -0.601. The number of rotatable bonds is 2. The van der Waals surface area contributed by atoms with Crippen LogP contribution in [0.15, 0.2) is 12.4 Å². The zero-order valence-corrected chi connectivity index (χ0v) is 20.2. The smallest absolute Gasteiger partial charge is 0.226 e. The van der Waals surface area contributed by atoms with Crippen molar-refractivity contribution in [3.63, 3.8) is 0 Å². The lowest BCUT2D eigenvalue weighted by atomic mass is 9.94. The topological polar surface area (TPSA) is 104 Å². The molecule has 4 aromatic rings. The molecule has 3 aliphatic heterocycles. The summed E-state index contributed by atoms with van der Waals surface area (Å²) in [6.45, 7) is 2.28. The number of thiophene rings is 1. The normalized spacial score (nSPS) is 21.4. The van der Waals surface area contributed by atoms with Crippen LogP contribution in [0, 0.1) is 23.0 Å². The number of likely N-dealkylation sites (N-methyl/N-ethyl adjacent to an activating group) is 1. The lowest BCUT2D eigenvalue weighted by molar-refractivity contribution is 0.135. The molecule has 8 nitrogen and oxygen atoms in total. The molecule has 11 heteroatoms. The lowest BCUT2D eigenvalue weighted by Gasteiger charge is -2.24. The molecule has 0 aliphatic carbocycles. The number of nitrogens with two attached hydrogens (primary N) is 1. The van der Waals surface area contributed by atoms with Crippen LogP contribution in [0.5, 0.6) is 0 Å². The predicted molar refractivity (Wildman–Crippen MR) is 132 cm³/mol. The Labute approximate surface area is 208 Å². The summed E-state index contributed by atoms with van der Waals surface area (Å²) in [4.78, 5) is 18.2. The highest BCUT2D eigenvalue weighted by molar-refractivity contribution is 7.23. The predicted octanol–water partition coefficient (Wildman–Crippen LogP) is 3.95. The van der Waals surface area contributed by atoms with E-state index in [1.54, 1.807) is 6.20 Å². The molecule has 0 amide bonds. The molecule has 2 N–H and O–H groups in total.